The van der Waals surface area contributed by atoms with Gasteiger partial charge in [0.1, 0.15) is 11.3 Å². The fourth-order valence-corrected chi connectivity index (χ4v) is 2.12. The molecule has 25 heavy (non-hydrogen) atoms. The van der Waals surface area contributed by atoms with E-state index in [1.165, 1.54) is 12.1 Å². The summed E-state index contributed by atoms with van der Waals surface area (Å²) < 4.78 is 10.4. The molecule has 2 rings (SSSR count). The number of primary amides is 1. The van der Waals surface area contributed by atoms with Gasteiger partial charge < -0.3 is 20.5 Å². The van der Waals surface area contributed by atoms with Crippen molar-refractivity contribution in [3.05, 3.63) is 59.7 Å². The Hall–Kier alpha value is -3.35. The molecule has 0 saturated carbocycles. The van der Waals surface area contributed by atoms with Gasteiger partial charge in [0, 0.05) is 0 Å². The van der Waals surface area contributed by atoms with Gasteiger partial charge in [-0.25, -0.2) is 4.79 Å². The number of hydrogen-bond donors (Lipinski definition) is 2. The molecule has 0 bridgehead atoms. The predicted molar refractivity (Wildman–Crippen MR) is 91.5 cm³/mol. The number of amides is 2. The number of hydrogen-bond acceptors (Lipinski definition) is 5. The summed E-state index contributed by atoms with van der Waals surface area (Å²) in [5, 5.41) is 2.49. The first-order valence-electron chi connectivity index (χ1n) is 7.60. The van der Waals surface area contributed by atoms with Gasteiger partial charge in [0.05, 0.1) is 17.9 Å². The van der Waals surface area contributed by atoms with E-state index in [4.69, 9.17) is 15.2 Å². The summed E-state index contributed by atoms with van der Waals surface area (Å²) in [6.45, 7) is 1.69. The topological polar surface area (TPSA) is 108 Å². The molecule has 0 aliphatic rings. The predicted octanol–water partition coefficient (Wildman–Crippen LogP) is 1.98. The monoisotopic (exact) mass is 342 g/mol. The highest BCUT2D eigenvalue weighted by atomic mass is 16.5. The first-order valence-corrected chi connectivity index (χ1v) is 7.60. The third-order valence-corrected chi connectivity index (χ3v) is 3.21. The number of esters is 1. The van der Waals surface area contributed by atoms with Gasteiger partial charge in [-0.1, -0.05) is 24.3 Å². The number of rotatable bonds is 7. The molecule has 0 aliphatic heterocycles. The van der Waals surface area contributed by atoms with Crippen LogP contribution in [0.3, 0.4) is 0 Å². The van der Waals surface area contributed by atoms with E-state index in [0.717, 1.165) is 0 Å². The summed E-state index contributed by atoms with van der Waals surface area (Å²) in [6, 6.07) is 12.9. The van der Waals surface area contributed by atoms with Crippen molar-refractivity contribution in [2.45, 2.75) is 6.92 Å². The Bertz CT molecular complexity index is 789. The molecule has 2 aromatic carbocycles. The average molecular weight is 342 g/mol. The van der Waals surface area contributed by atoms with Crippen molar-refractivity contribution < 1.29 is 23.9 Å². The van der Waals surface area contributed by atoms with Crippen molar-refractivity contribution in [2.75, 3.05) is 18.5 Å². The van der Waals surface area contributed by atoms with Crippen LogP contribution in [0.1, 0.15) is 27.6 Å². The van der Waals surface area contributed by atoms with Gasteiger partial charge in [0.15, 0.2) is 6.61 Å². The van der Waals surface area contributed by atoms with Crippen LogP contribution in [0.4, 0.5) is 5.69 Å². The molecule has 2 amide bonds. The highest BCUT2D eigenvalue weighted by molar-refractivity contribution is 6.03. The van der Waals surface area contributed by atoms with Gasteiger partial charge >= 0.3 is 5.97 Å². The van der Waals surface area contributed by atoms with Gasteiger partial charge in [-0.2, -0.15) is 0 Å². The van der Waals surface area contributed by atoms with Crippen LogP contribution in [-0.2, 0) is 9.53 Å². The van der Waals surface area contributed by atoms with Gasteiger partial charge in [0.25, 0.3) is 11.8 Å². The second-order valence-electron chi connectivity index (χ2n) is 4.96. The van der Waals surface area contributed by atoms with E-state index in [1.807, 2.05) is 0 Å². The summed E-state index contributed by atoms with van der Waals surface area (Å²) >= 11 is 0. The van der Waals surface area contributed by atoms with Gasteiger partial charge in [0.2, 0.25) is 0 Å². The smallest absolute Gasteiger partial charge is 0.342 e. The van der Waals surface area contributed by atoms with E-state index in [-0.39, 0.29) is 16.8 Å². The minimum Gasteiger partial charge on any atom is -0.493 e. The zero-order valence-corrected chi connectivity index (χ0v) is 13.7. The molecular formula is C18H18N2O5. The summed E-state index contributed by atoms with van der Waals surface area (Å²) in [7, 11) is 0. The lowest BCUT2D eigenvalue weighted by Crippen LogP contribution is -2.23. The van der Waals surface area contributed by atoms with Crippen molar-refractivity contribution in [3.8, 4) is 5.75 Å². The van der Waals surface area contributed by atoms with E-state index in [9.17, 15) is 14.4 Å². The van der Waals surface area contributed by atoms with Crippen LogP contribution >= 0.6 is 0 Å². The van der Waals surface area contributed by atoms with Crippen LogP contribution < -0.4 is 15.8 Å². The molecule has 0 unspecified atom stereocenters. The molecule has 0 fully saturated rings. The minimum absolute atomic E-state index is 0.170. The lowest BCUT2D eigenvalue weighted by Gasteiger charge is -2.11. The molecule has 0 saturated heterocycles. The first-order chi connectivity index (χ1) is 12.0. The molecule has 2 aromatic rings. The highest BCUT2D eigenvalue weighted by Crippen LogP contribution is 2.19. The number of anilines is 1. The van der Waals surface area contributed by atoms with E-state index in [1.54, 1.807) is 43.3 Å². The third kappa shape index (κ3) is 4.81. The highest BCUT2D eigenvalue weighted by Gasteiger charge is 2.16. The average Bonchev–Trinajstić information content (AvgIpc) is 2.61. The molecule has 0 aliphatic carbocycles. The molecule has 0 spiro atoms. The fraction of sp³-hybridized carbons (Fsp3) is 0.167. The Morgan fingerprint density at radius 3 is 2.32 bits per heavy atom. The first kappa shape index (κ1) is 18.0. The molecule has 0 radical (unpaired) electrons. The Balaban J connectivity index is 1.99. The molecule has 0 aromatic heterocycles. The van der Waals surface area contributed by atoms with Crippen molar-refractivity contribution in [1.29, 1.82) is 0 Å². The maximum Gasteiger partial charge on any atom is 0.342 e. The molecule has 7 heteroatoms. The number of nitrogens with one attached hydrogen (secondary N) is 1. The number of ether oxygens (including phenoxy) is 2. The Morgan fingerprint density at radius 1 is 1.00 bits per heavy atom. The Morgan fingerprint density at radius 2 is 1.64 bits per heavy atom. The van der Waals surface area contributed by atoms with Crippen molar-refractivity contribution in [3.63, 3.8) is 0 Å². The number of carbonyl (C=O) groups is 3. The summed E-state index contributed by atoms with van der Waals surface area (Å²) in [6.07, 6.45) is 0. The summed E-state index contributed by atoms with van der Waals surface area (Å²) in [5.41, 5.74) is 5.90. The van der Waals surface area contributed by atoms with E-state index in [2.05, 4.69) is 5.32 Å². The second kappa shape index (κ2) is 8.49. The molecular weight excluding hydrogens is 324 g/mol. The zero-order valence-electron chi connectivity index (χ0n) is 13.7. The van der Waals surface area contributed by atoms with E-state index >= 15 is 0 Å². The Kier molecular flexibility index (Phi) is 6.11. The lowest BCUT2D eigenvalue weighted by atomic mass is 10.1. The molecule has 7 nitrogen and oxygen atoms in total. The summed E-state index contributed by atoms with van der Waals surface area (Å²) in [5.74, 6) is -1.55. The van der Waals surface area contributed by atoms with Crippen molar-refractivity contribution in [1.82, 2.24) is 0 Å². The van der Waals surface area contributed by atoms with Crippen LogP contribution in [0.25, 0.3) is 0 Å². The van der Waals surface area contributed by atoms with Gasteiger partial charge in [-0.05, 0) is 31.2 Å². The normalized spacial score (nSPS) is 9.96. The number of carbonyl (C=O) groups excluding carboxylic acids is 3. The molecule has 0 atom stereocenters. The van der Waals surface area contributed by atoms with Crippen LogP contribution in [-0.4, -0.2) is 31.0 Å². The minimum atomic E-state index is -0.678. The van der Waals surface area contributed by atoms with Crippen molar-refractivity contribution >= 4 is 23.5 Å². The molecule has 3 N–H and O–H groups in total. The summed E-state index contributed by atoms with van der Waals surface area (Å²) in [4.78, 5) is 35.4. The number of benzene rings is 2. The molecule has 130 valence electrons. The van der Waals surface area contributed by atoms with Crippen LogP contribution in [0, 0.1) is 0 Å². The third-order valence-electron chi connectivity index (χ3n) is 3.21. The Labute approximate surface area is 144 Å². The van der Waals surface area contributed by atoms with Crippen molar-refractivity contribution in [2.24, 2.45) is 5.73 Å². The van der Waals surface area contributed by atoms with Crippen LogP contribution in [0.2, 0.25) is 0 Å². The SMILES string of the molecule is CCOc1ccccc1C(=O)OCC(=O)Nc1ccccc1C(N)=O. The van der Waals surface area contributed by atoms with Crippen LogP contribution in [0.15, 0.2) is 48.5 Å². The van der Waals surface area contributed by atoms with Gasteiger partial charge in [-0.3, -0.25) is 9.59 Å². The van der Waals surface area contributed by atoms with E-state index < -0.39 is 24.4 Å². The standard InChI is InChI=1S/C18H18N2O5/c1-2-24-15-10-6-4-8-13(15)18(23)25-11-16(21)20-14-9-5-3-7-12(14)17(19)22/h3-10H,2,11H2,1H3,(H2,19,22)(H,20,21). The zero-order chi connectivity index (χ0) is 18.2. The number of nitrogens with two attached hydrogens (primary N) is 1. The van der Waals surface area contributed by atoms with Gasteiger partial charge in [-0.15, -0.1) is 0 Å². The van der Waals surface area contributed by atoms with Crippen LogP contribution in [0.5, 0.6) is 5.75 Å². The number of para-hydroxylation sites is 2. The maximum absolute atomic E-state index is 12.1. The quantitative estimate of drug-likeness (QED) is 0.748. The second-order valence-corrected chi connectivity index (χ2v) is 4.96. The maximum atomic E-state index is 12.1. The fourth-order valence-electron chi connectivity index (χ4n) is 2.12. The largest absolute Gasteiger partial charge is 0.493 e. The van der Waals surface area contributed by atoms with E-state index in [0.29, 0.717) is 12.4 Å². The molecule has 0 heterocycles. The lowest BCUT2D eigenvalue weighted by molar-refractivity contribution is -0.119.